The van der Waals surface area contributed by atoms with Gasteiger partial charge in [-0.05, 0) is 112 Å². The van der Waals surface area contributed by atoms with E-state index in [0.717, 1.165) is 33.9 Å². The maximum absolute atomic E-state index is 6.93. The Morgan fingerprint density at radius 3 is 1.91 bits per heavy atom. The van der Waals surface area contributed by atoms with Crippen molar-refractivity contribution in [1.29, 1.82) is 0 Å². The molecule has 10 aromatic carbocycles. The second kappa shape index (κ2) is 11.3. The lowest BCUT2D eigenvalue weighted by Gasteiger charge is -2.20. The topological polar surface area (TPSA) is 13.1 Å². The molecule has 0 spiro atoms. The highest BCUT2D eigenvalue weighted by Gasteiger charge is 2.22. The lowest BCUT2D eigenvalue weighted by molar-refractivity contribution is 0.670. The van der Waals surface area contributed by atoms with Crippen LogP contribution in [0.15, 0.2) is 180 Å². The third-order valence-electron chi connectivity index (χ3n) is 11.8. The van der Waals surface area contributed by atoms with Crippen LogP contribution in [0.25, 0.3) is 115 Å². The summed E-state index contributed by atoms with van der Waals surface area (Å²) in [6.07, 6.45) is 5.52. The van der Waals surface area contributed by atoms with Crippen LogP contribution < -0.4 is 0 Å². The molecule has 0 amide bonds. The Morgan fingerprint density at radius 2 is 1.04 bits per heavy atom. The third kappa shape index (κ3) is 4.21. The van der Waals surface area contributed by atoms with Gasteiger partial charge in [-0.25, -0.2) is 0 Å². The fraction of sp³-hybridized carbons (Fsp3) is 0.0189. The number of benzene rings is 10. The van der Waals surface area contributed by atoms with E-state index in [9.17, 15) is 0 Å². The zero-order valence-electron chi connectivity index (χ0n) is 29.4. The molecule has 0 fully saturated rings. The molecule has 1 nitrogen and oxygen atoms in total. The Balaban J connectivity index is 1.23. The number of fused-ring (bicyclic) bond motifs is 7. The molecule has 0 aliphatic heterocycles. The Labute approximate surface area is 312 Å². The summed E-state index contributed by atoms with van der Waals surface area (Å²) in [5.41, 5.74) is 11.8. The van der Waals surface area contributed by atoms with E-state index in [0.29, 0.717) is 0 Å². The van der Waals surface area contributed by atoms with Crippen molar-refractivity contribution in [3.8, 4) is 33.4 Å². The van der Waals surface area contributed by atoms with E-state index in [1.54, 1.807) is 0 Å². The van der Waals surface area contributed by atoms with Crippen LogP contribution in [0.4, 0.5) is 0 Å². The Kier molecular flexibility index (Phi) is 6.18. The van der Waals surface area contributed by atoms with Gasteiger partial charge in [0.05, 0.1) is 0 Å². The average molecular weight is 685 g/mol. The Bertz CT molecular complexity index is 3410. The summed E-state index contributed by atoms with van der Waals surface area (Å²) in [6.45, 7) is 0. The molecule has 11 aromatic rings. The second-order valence-corrected chi connectivity index (χ2v) is 14.7. The quantitative estimate of drug-likeness (QED) is 0.169. The average Bonchev–Trinajstić information content (AvgIpc) is 3.60. The summed E-state index contributed by atoms with van der Waals surface area (Å²) in [5.74, 6) is 0. The van der Waals surface area contributed by atoms with Gasteiger partial charge < -0.3 is 4.42 Å². The van der Waals surface area contributed by atoms with Gasteiger partial charge in [-0.2, -0.15) is 0 Å². The predicted molar refractivity (Wildman–Crippen MR) is 230 cm³/mol. The molecule has 1 aliphatic carbocycles. The van der Waals surface area contributed by atoms with Gasteiger partial charge in [-0.1, -0.05) is 164 Å². The Hall–Kier alpha value is -6.96. The van der Waals surface area contributed by atoms with Crippen LogP contribution in [0.1, 0.15) is 11.1 Å². The van der Waals surface area contributed by atoms with Crippen LogP contribution in [-0.2, 0) is 6.42 Å². The molecule has 250 valence electrons. The standard InChI is InChI=1S/C53H32O/c1-2-13-36-31-49-47(29-35(36)12-1)45-23-10-24-46(53(45)54-49)52-43-20-6-5-19-42(43)51(41-22-8-14-32-11-3-4-18-38(32)41)44-28-26-37(30-48(44)52)39-27-25-34-16-7-15-33-17-9-21-40(39)50(33)34/h1-15,17-31H,16H2. The summed E-state index contributed by atoms with van der Waals surface area (Å²) in [7, 11) is 0. The monoisotopic (exact) mass is 684 g/mol. The lowest BCUT2D eigenvalue weighted by Crippen LogP contribution is -1.95. The van der Waals surface area contributed by atoms with Crippen molar-refractivity contribution in [3.63, 3.8) is 0 Å². The maximum atomic E-state index is 6.93. The van der Waals surface area contributed by atoms with E-state index in [2.05, 4.69) is 182 Å². The minimum Gasteiger partial charge on any atom is -0.455 e. The molecule has 1 heteroatoms. The lowest BCUT2D eigenvalue weighted by atomic mass is 9.82. The first kappa shape index (κ1) is 29.6. The Morgan fingerprint density at radius 1 is 0.389 bits per heavy atom. The van der Waals surface area contributed by atoms with E-state index in [-0.39, 0.29) is 0 Å². The summed E-state index contributed by atoms with van der Waals surface area (Å²) in [6, 6.07) is 62.7. The molecule has 0 saturated carbocycles. The molecule has 0 unspecified atom stereocenters. The molecule has 0 saturated heterocycles. The smallest absolute Gasteiger partial charge is 0.143 e. The van der Waals surface area contributed by atoms with Crippen molar-refractivity contribution in [2.75, 3.05) is 0 Å². The highest BCUT2D eigenvalue weighted by atomic mass is 16.3. The third-order valence-corrected chi connectivity index (χ3v) is 11.8. The maximum Gasteiger partial charge on any atom is 0.143 e. The number of hydrogen-bond donors (Lipinski definition) is 0. The largest absolute Gasteiger partial charge is 0.455 e. The predicted octanol–water partition coefficient (Wildman–Crippen LogP) is 14.9. The first-order valence-corrected chi connectivity index (χ1v) is 18.8. The number of rotatable bonds is 3. The van der Waals surface area contributed by atoms with E-state index in [1.165, 1.54) is 92.8 Å². The van der Waals surface area contributed by atoms with Gasteiger partial charge in [-0.15, -0.1) is 0 Å². The summed E-state index contributed by atoms with van der Waals surface area (Å²) < 4.78 is 6.93. The molecule has 0 atom stereocenters. The molecular formula is C53H32O. The van der Waals surface area contributed by atoms with Gasteiger partial charge in [-0.3, -0.25) is 0 Å². The highest BCUT2D eigenvalue weighted by molar-refractivity contribution is 6.26. The normalized spacial score (nSPS) is 12.7. The van der Waals surface area contributed by atoms with Crippen molar-refractivity contribution in [2.45, 2.75) is 6.42 Å². The number of allylic oxidation sites excluding steroid dienone is 1. The van der Waals surface area contributed by atoms with Crippen LogP contribution in [0.3, 0.4) is 0 Å². The van der Waals surface area contributed by atoms with E-state index >= 15 is 0 Å². The molecule has 54 heavy (non-hydrogen) atoms. The molecule has 0 N–H and O–H groups in total. The van der Waals surface area contributed by atoms with E-state index < -0.39 is 0 Å². The van der Waals surface area contributed by atoms with Crippen molar-refractivity contribution in [3.05, 3.63) is 187 Å². The number of hydrogen-bond acceptors (Lipinski definition) is 1. The minimum absolute atomic E-state index is 0.913. The fourth-order valence-electron chi connectivity index (χ4n) is 9.43. The first-order chi connectivity index (χ1) is 26.8. The van der Waals surface area contributed by atoms with Gasteiger partial charge in [0.15, 0.2) is 0 Å². The first-order valence-electron chi connectivity index (χ1n) is 18.8. The van der Waals surface area contributed by atoms with Gasteiger partial charge in [0.25, 0.3) is 0 Å². The number of para-hydroxylation sites is 1. The summed E-state index contributed by atoms with van der Waals surface area (Å²) in [4.78, 5) is 0. The van der Waals surface area contributed by atoms with Gasteiger partial charge in [0.2, 0.25) is 0 Å². The molecule has 0 radical (unpaired) electrons. The number of furan rings is 1. The van der Waals surface area contributed by atoms with Gasteiger partial charge in [0.1, 0.15) is 11.2 Å². The zero-order valence-corrected chi connectivity index (χ0v) is 29.4. The van der Waals surface area contributed by atoms with Crippen molar-refractivity contribution >= 4 is 81.9 Å². The molecule has 12 rings (SSSR count). The highest BCUT2D eigenvalue weighted by Crippen LogP contribution is 2.49. The van der Waals surface area contributed by atoms with Gasteiger partial charge in [0, 0.05) is 21.9 Å². The molecule has 1 aromatic heterocycles. The van der Waals surface area contributed by atoms with Crippen molar-refractivity contribution < 1.29 is 4.42 Å². The van der Waals surface area contributed by atoms with Crippen LogP contribution in [0.2, 0.25) is 0 Å². The molecule has 1 aliphatic rings. The summed E-state index contributed by atoms with van der Waals surface area (Å²) >= 11 is 0. The SMILES string of the molecule is C1=Cc2cccc3c(-c4ccc5c(-c6cccc7ccccc67)c6ccccc6c(-c6cccc7c6oc6cc8ccccc8cc67)c5c4)ccc(c23)C1. The molecule has 0 bridgehead atoms. The van der Waals surface area contributed by atoms with Crippen LogP contribution in [0.5, 0.6) is 0 Å². The van der Waals surface area contributed by atoms with Crippen molar-refractivity contribution in [2.24, 2.45) is 0 Å². The zero-order chi connectivity index (χ0) is 35.3. The van der Waals surface area contributed by atoms with Crippen LogP contribution in [-0.4, -0.2) is 0 Å². The van der Waals surface area contributed by atoms with Crippen molar-refractivity contribution in [1.82, 2.24) is 0 Å². The van der Waals surface area contributed by atoms with E-state index in [1.807, 2.05) is 0 Å². The van der Waals surface area contributed by atoms with Crippen LogP contribution >= 0.6 is 0 Å². The molecular weight excluding hydrogens is 653 g/mol. The second-order valence-electron chi connectivity index (χ2n) is 14.7. The van der Waals surface area contributed by atoms with Crippen LogP contribution in [0, 0.1) is 0 Å². The fourth-order valence-corrected chi connectivity index (χ4v) is 9.43. The summed E-state index contributed by atoms with van der Waals surface area (Å²) in [5, 5.41) is 14.7. The minimum atomic E-state index is 0.913. The molecule has 1 heterocycles. The van der Waals surface area contributed by atoms with E-state index in [4.69, 9.17) is 4.42 Å². The van der Waals surface area contributed by atoms with Gasteiger partial charge >= 0.3 is 0 Å².